The van der Waals surface area contributed by atoms with Gasteiger partial charge in [-0.1, -0.05) is 91.0 Å². The van der Waals surface area contributed by atoms with Crippen molar-refractivity contribution in [1.29, 1.82) is 0 Å². The predicted molar refractivity (Wildman–Crippen MR) is 117 cm³/mol. The normalized spacial score (nSPS) is 15.7. The van der Waals surface area contributed by atoms with Crippen molar-refractivity contribution in [2.45, 2.75) is 0 Å². The fraction of sp³-hybridized carbons (Fsp3) is 0.0417. The van der Waals surface area contributed by atoms with Crippen LogP contribution in [0.15, 0.2) is 102 Å². The van der Waals surface area contributed by atoms with Crippen molar-refractivity contribution in [3.05, 3.63) is 102 Å². The van der Waals surface area contributed by atoms with Crippen LogP contribution in [0.1, 0.15) is 0 Å². The van der Waals surface area contributed by atoms with Gasteiger partial charge in [-0.15, -0.1) is 0 Å². The summed E-state index contributed by atoms with van der Waals surface area (Å²) < 4.78 is 4.82. The molecule has 1 aliphatic rings. The van der Waals surface area contributed by atoms with Crippen LogP contribution in [0.4, 0.5) is 0 Å². The number of esters is 1. The summed E-state index contributed by atoms with van der Waals surface area (Å²) in [6.07, 6.45) is 0. The first-order chi connectivity index (χ1) is 14.1. The number of Topliss-reactive ketones (excluding diaryl/α,β-unsaturated/α-hetero) is 1. The highest BCUT2D eigenvalue weighted by Gasteiger charge is 2.33. The van der Waals surface area contributed by atoms with E-state index < -0.39 is 18.6 Å². The van der Waals surface area contributed by atoms with Crippen LogP contribution in [0.5, 0.6) is 0 Å². The molecule has 0 saturated carbocycles. The van der Waals surface area contributed by atoms with Gasteiger partial charge in [-0.25, -0.2) is 4.79 Å². The van der Waals surface area contributed by atoms with E-state index in [2.05, 4.69) is 0 Å². The first-order valence-electron chi connectivity index (χ1n) is 9.18. The molecule has 0 aliphatic carbocycles. The summed E-state index contributed by atoms with van der Waals surface area (Å²) in [5.74, 6) is 0.0711. The number of cyclic esters (lactones) is 1. The number of hydrogen-bond donors (Lipinski definition) is 1. The van der Waals surface area contributed by atoms with Gasteiger partial charge in [-0.05, 0) is 28.6 Å². The van der Waals surface area contributed by atoms with Gasteiger partial charge in [-0.3, -0.25) is 4.79 Å². The number of carbonyl (C=O) groups excluding carboxylic acids is 2. The number of hydrogen-bond acceptors (Lipinski definition) is 4. The molecule has 0 spiro atoms. The van der Waals surface area contributed by atoms with E-state index in [0.717, 1.165) is 15.9 Å². The standard InChI is InChI=1S/C24H19O4P/c25-21-16-28-24(27)23(21)22(26)17-29(18-10-4-1-5-11-18,19-12-6-2-7-13-19)20-14-8-3-9-15-20/h1-15,17,26H,16H2/b23-22-. The summed E-state index contributed by atoms with van der Waals surface area (Å²) >= 11 is 0. The fourth-order valence-corrected chi connectivity index (χ4v) is 7.31. The monoisotopic (exact) mass is 402 g/mol. The molecule has 1 aliphatic heterocycles. The van der Waals surface area contributed by atoms with Crippen LogP contribution in [0.3, 0.4) is 0 Å². The molecule has 1 fully saturated rings. The Morgan fingerprint density at radius 1 is 0.759 bits per heavy atom. The van der Waals surface area contributed by atoms with Crippen LogP contribution in [0, 0.1) is 0 Å². The maximum atomic E-state index is 12.2. The summed E-state index contributed by atoms with van der Waals surface area (Å²) in [6.45, 7) is -2.84. The van der Waals surface area contributed by atoms with Crippen LogP contribution in [-0.2, 0) is 14.3 Å². The lowest BCUT2D eigenvalue weighted by Crippen LogP contribution is -2.27. The van der Waals surface area contributed by atoms with Crippen molar-refractivity contribution in [2.24, 2.45) is 0 Å². The molecule has 0 amide bonds. The average molecular weight is 402 g/mol. The smallest absolute Gasteiger partial charge is 0.346 e. The second-order valence-corrected chi connectivity index (χ2v) is 9.87. The summed E-state index contributed by atoms with van der Waals surface area (Å²) in [4.78, 5) is 24.2. The quantitative estimate of drug-likeness (QED) is 0.240. The minimum atomic E-state index is -2.51. The molecule has 0 radical (unpaired) electrons. The minimum absolute atomic E-state index is 0.280. The van der Waals surface area contributed by atoms with Gasteiger partial charge in [0.2, 0.25) is 5.78 Å². The molecule has 3 aromatic carbocycles. The highest BCUT2D eigenvalue weighted by Crippen LogP contribution is 2.44. The molecule has 29 heavy (non-hydrogen) atoms. The molecule has 1 heterocycles. The molecule has 1 N–H and O–H groups in total. The van der Waals surface area contributed by atoms with E-state index in [1.165, 1.54) is 0 Å². The van der Waals surface area contributed by atoms with Crippen molar-refractivity contribution in [2.75, 3.05) is 6.61 Å². The molecule has 4 rings (SSSR count). The number of aliphatic hydroxyl groups excluding tert-OH is 1. The Balaban J connectivity index is 2.13. The first kappa shape index (κ1) is 19.0. The zero-order valence-corrected chi connectivity index (χ0v) is 16.5. The van der Waals surface area contributed by atoms with E-state index in [9.17, 15) is 14.7 Å². The Kier molecular flexibility index (Phi) is 5.20. The number of ether oxygens (including phenoxy) is 1. The second-order valence-electron chi connectivity index (χ2n) is 6.62. The molecular formula is C24H19O4P. The predicted octanol–water partition coefficient (Wildman–Crippen LogP) is 2.72. The van der Waals surface area contributed by atoms with Crippen LogP contribution in [0.2, 0.25) is 0 Å². The van der Waals surface area contributed by atoms with Crippen molar-refractivity contribution < 1.29 is 19.4 Å². The Hall–Kier alpha value is -3.36. The van der Waals surface area contributed by atoms with E-state index in [0.29, 0.717) is 0 Å². The van der Waals surface area contributed by atoms with E-state index in [1.54, 1.807) is 5.80 Å². The van der Waals surface area contributed by atoms with Gasteiger partial charge in [0, 0.05) is 0 Å². The number of ketones is 1. The largest absolute Gasteiger partial charge is 0.507 e. The summed E-state index contributed by atoms with van der Waals surface area (Å²) in [5, 5.41) is 13.9. The number of carbonyl (C=O) groups is 2. The second kappa shape index (κ2) is 7.94. The van der Waals surface area contributed by atoms with Crippen molar-refractivity contribution in [3.8, 4) is 0 Å². The first-order valence-corrected chi connectivity index (χ1v) is 11.0. The molecule has 0 aromatic heterocycles. The third-order valence-corrected chi connectivity index (χ3v) is 8.85. The van der Waals surface area contributed by atoms with Crippen molar-refractivity contribution in [1.82, 2.24) is 0 Å². The van der Waals surface area contributed by atoms with Gasteiger partial charge in [-0.2, -0.15) is 0 Å². The van der Waals surface area contributed by atoms with Crippen LogP contribution in [-0.4, -0.2) is 29.3 Å². The molecule has 1 saturated heterocycles. The highest BCUT2D eigenvalue weighted by atomic mass is 31.2. The maximum Gasteiger partial charge on any atom is 0.346 e. The Labute approximate surface area is 169 Å². The maximum absolute atomic E-state index is 12.2. The summed E-state index contributed by atoms with van der Waals surface area (Å²) in [5.41, 5.74) is -0.280. The molecule has 0 bridgehead atoms. The number of aliphatic hydroxyl groups is 1. The number of benzene rings is 3. The molecule has 3 aromatic rings. The van der Waals surface area contributed by atoms with E-state index in [1.807, 2.05) is 91.0 Å². The Morgan fingerprint density at radius 2 is 1.17 bits per heavy atom. The van der Waals surface area contributed by atoms with E-state index in [-0.39, 0.29) is 17.9 Å². The van der Waals surface area contributed by atoms with Crippen molar-refractivity contribution >= 4 is 40.3 Å². The molecule has 5 heteroatoms. The van der Waals surface area contributed by atoms with E-state index >= 15 is 0 Å². The molecule has 144 valence electrons. The van der Waals surface area contributed by atoms with Gasteiger partial charge >= 0.3 is 5.97 Å². The van der Waals surface area contributed by atoms with Gasteiger partial charge < -0.3 is 9.84 Å². The topological polar surface area (TPSA) is 63.6 Å². The number of allylic oxidation sites excluding steroid dienone is 1. The van der Waals surface area contributed by atoms with Crippen LogP contribution >= 0.6 is 6.89 Å². The van der Waals surface area contributed by atoms with Gasteiger partial charge in [0.05, 0.1) is 0 Å². The fourth-order valence-electron chi connectivity index (χ4n) is 3.54. The SMILES string of the molecule is O=C1COC(=O)/C1=C(\O)C=P(c1ccccc1)(c1ccccc1)c1ccccc1. The zero-order chi connectivity index (χ0) is 20.3. The lowest BCUT2D eigenvalue weighted by atomic mass is 10.2. The molecular weight excluding hydrogens is 383 g/mol. The Morgan fingerprint density at radius 3 is 1.52 bits per heavy atom. The number of rotatable bonds is 4. The van der Waals surface area contributed by atoms with Gasteiger partial charge in [0.25, 0.3) is 0 Å². The Bertz CT molecular complexity index is 1010. The lowest BCUT2D eigenvalue weighted by molar-refractivity contribution is -0.135. The minimum Gasteiger partial charge on any atom is -0.507 e. The third kappa shape index (κ3) is 3.43. The van der Waals surface area contributed by atoms with Gasteiger partial charge in [0.15, 0.2) is 6.61 Å². The zero-order valence-electron chi connectivity index (χ0n) is 15.6. The highest BCUT2D eigenvalue weighted by molar-refractivity contribution is 7.94. The average Bonchev–Trinajstić information content (AvgIpc) is 3.12. The molecule has 4 nitrogen and oxygen atoms in total. The van der Waals surface area contributed by atoms with Gasteiger partial charge in [0.1, 0.15) is 11.3 Å². The third-order valence-electron chi connectivity index (χ3n) is 4.88. The van der Waals surface area contributed by atoms with Crippen LogP contribution < -0.4 is 15.9 Å². The van der Waals surface area contributed by atoms with Crippen molar-refractivity contribution in [3.63, 3.8) is 0 Å². The van der Waals surface area contributed by atoms with Crippen LogP contribution in [0.25, 0.3) is 0 Å². The van der Waals surface area contributed by atoms with E-state index in [4.69, 9.17) is 4.74 Å². The molecule has 0 unspecified atom stereocenters. The molecule has 0 atom stereocenters. The summed E-state index contributed by atoms with van der Waals surface area (Å²) in [6, 6.07) is 29.6. The lowest BCUT2D eigenvalue weighted by Gasteiger charge is -2.28. The summed E-state index contributed by atoms with van der Waals surface area (Å²) in [7, 11) is 0.